The maximum atomic E-state index is 13.4. The molecule has 2 heterocycles. The second-order valence-electron chi connectivity index (χ2n) is 15.6. The molecular weight excluding hydrogens is 785 g/mol. The Bertz CT molecular complexity index is 2190. The zero-order valence-corrected chi connectivity index (χ0v) is 35.1. The van der Waals surface area contributed by atoms with E-state index in [1.54, 1.807) is 0 Å². The summed E-state index contributed by atoms with van der Waals surface area (Å²) in [7, 11) is 0. The summed E-state index contributed by atoms with van der Waals surface area (Å²) in [5.41, 5.74) is 5.93. The topological polar surface area (TPSA) is 95.8 Å². The van der Waals surface area contributed by atoms with E-state index in [0.717, 1.165) is 40.8 Å². The van der Waals surface area contributed by atoms with Crippen molar-refractivity contribution in [1.29, 1.82) is 0 Å². The lowest BCUT2D eigenvalue weighted by molar-refractivity contribution is -0.199. The van der Waals surface area contributed by atoms with E-state index in [4.69, 9.17) is 28.4 Å². The van der Waals surface area contributed by atoms with Crippen LogP contribution in [0, 0.1) is 0 Å². The highest BCUT2D eigenvalue weighted by Gasteiger charge is 2.56. The fourth-order valence-corrected chi connectivity index (χ4v) is 9.52. The molecule has 2 aliphatic heterocycles. The second-order valence-corrected chi connectivity index (χ2v) is 17.1. The molecule has 1 unspecified atom stereocenters. The van der Waals surface area contributed by atoms with Crippen LogP contribution < -0.4 is 4.74 Å². The van der Waals surface area contributed by atoms with Gasteiger partial charge in [-0.3, -0.25) is 0 Å². The van der Waals surface area contributed by atoms with Gasteiger partial charge in [-0.25, -0.2) is 0 Å². The third kappa shape index (κ3) is 11.4. The summed E-state index contributed by atoms with van der Waals surface area (Å²) in [5.74, 6) is 0.758. The molecule has 6 aromatic carbocycles. The van der Waals surface area contributed by atoms with Gasteiger partial charge in [0.1, 0.15) is 36.3 Å². The van der Waals surface area contributed by atoms with Crippen molar-refractivity contribution in [3.63, 3.8) is 0 Å². The van der Waals surface area contributed by atoms with E-state index < -0.39 is 34.6 Å². The lowest BCUT2D eigenvalue weighted by Crippen LogP contribution is -2.61. The molecule has 0 radical (unpaired) electrons. The standard InChI is InChI=1S/C52H54O8S/c53-48(42-24-26-45(27-25-42)60-46-28-30-55-31-29-46)43-22-13-23-44(32-43)52(54)51(59-36-41-20-11-4-12-21-41)50(58-35-40-18-9-3-10-19-40)49(57-34-39-16-7-2-8-17-39)47(61-52)37-56-33-38-14-5-1-6-15-38/h1-27,32,46-51,53-54H,28-31,33-37H2/t47-,48?,49+,50-,51+,52-/m0/s1. The average molecular weight is 839 g/mol. The molecule has 0 amide bonds. The van der Waals surface area contributed by atoms with Crippen LogP contribution in [-0.4, -0.2) is 59.7 Å². The molecule has 0 saturated carbocycles. The van der Waals surface area contributed by atoms with E-state index in [1.807, 2.05) is 170 Å². The molecule has 2 N–H and O–H groups in total. The van der Waals surface area contributed by atoms with Crippen molar-refractivity contribution < 1.29 is 38.6 Å². The number of aliphatic hydroxyl groups is 2. The van der Waals surface area contributed by atoms with Gasteiger partial charge in [-0.2, -0.15) is 0 Å². The van der Waals surface area contributed by atoms with Crippen LogP contribution in [0.25, 0.3) is 0 Å². The summed E-state index contributed by atoms with van der Waals surface area (Å²) in [5, 5.41) is 24.9. The van der Waals surface area contributed by atoms with E-state index in [-0.39, 0.29) is 25.9 Å². The largest absolute Gasteiger partial charge is 0.490 e. The molecule has 2 saturated heterocycles. The van der Waals surface area contributed by atoms with E-state index >= 15 is 0 Å². The Morgan fingerprint density at radius 2 is 1.10 bits per heavy atom. The first-order valence-electron chi connectivity index (χ1n) is 21.1. The van der Waals surface area contributed by atoms with E-state index in [1.165, 1.54) is 11.8 Å². The smallest absolute Gasteiger partial charge is 0.165 e. The molecule has 0 bridgehead atoms. The highest BCUT2D eigenvalue weighted by atomic mass is 32.2. The lowest BCUT2D eigenvalue weighted by atomic mass is 9.91. The Labute approximate surface area is 363 Å². The maximum absolute atomic E-state index is 13.4. The van der Waals surface area contributed by atoms with Crippen LogP contribution in [0.4, 0.5) is 0 Å². The Kier molecular flexibility index (Phi) is 15.0. The van der Waals surface area contributed by atoms with Crippen molar-refractivity contribution in [3.05, 3.63) is 209 Å². The van der Waals surface area contributed by atoms with Crippen LogP contribution >= 0.6 is 11.8 Å². The normalized spacial score (nSPS) is 22.4. The molecule has 61 heavy (non-hydrogen) atoms. The first kappa shape index (κ1) is 42.9. The maximum Gasteiger partial charge on any atom is 0.165 e. The Morgan fingerprint density at radius 3 is 1.67 bits per heavy atom. The fraction of sp³-hybridized carbons (Fsp3) is 0.308. The number of hydrogen-bond acceptors (Lipinski definition) is 9. The van der Waals surface area contributed by atoms with Crippen molar-refractivity contribution in [1.82, 2.24) is 0 Å². The predicted octanol–water partition coefficient (Wildman–Crippen LogP) is 9.56. The quantitative estimate of drug-likeness (QED) is 0.0878. The molecule has 9 heteroatoms. The van der Waals surface area contributed by atoms with Gasteiger partial charge in [0.05, 0.1) is 51.5 Å². The van der Waals surface area contributed by atoms with Crippen molar-refractivity contribution in [2.75, 3.05) is 19.8 Å². The fourth-order valence-electron chi connectivity index (χ4n) is 7.92. The van der Waals surface area contributed by atoms with Crippen LogP contribution in [0.5, 0.6) is 5.75 Å². The number of thioether (sulfide) groups is 1. The summed E-state index contributed by atoms with van der Waals surface area (Å²) in [6, 6.07) is 55.2. The predicted molar refractivity (Wildman–Crippen MR) is 238 cm³/mol. The molecule has 2 aliphatic rings. The molecule has 6 aromatic rings. The summed E-state index contributed by atoms with van der Waals surface area (Å²) >= 11 is 1.36. The van der Waals surface area contributed by atoms with E-state index in [9.17, 15) is 10.2 Å². The lowest BCUT2D eigenvalue weighted by Gasteiger charge is -2.50. The van der Waals surface area contributed by atoms with Gasteiger partial charge in [0.25, 0.3) is 0 Å². The first-order valence-corrected chi connectivity index (χ1v) is 22.0. The highest BCUT2D eigenvalue weighted by Crippen LogP contribution is 2.51. The number of ether oxygens (including phenoxy) is 6. The van der Waals surface area contributed by atoms with Crippen LogP contribution in [-0.2, 0) is 55.0 Å². The Morgan fingerprint density at radius 1 is 0.574 bits per heavy atom. The monoisotopic (exact) mass is 838 g/mol. The van der Waals surface area contributed by atoms with Gasteiger partial charge in [-0.1, -0.05) is 152 Å². The Balaban J connectivity index is 1.14. The van der Waals surface area contributed by atoms with Gasteiger partial charge in [0, 0.05) is 12.8 Å². The van der Waals surface area contributed by atoms with Gasteiger partial charge < -0.3 is 38.6 Å². The molecule has 6 atom stereocenters. The third-order valence-corrected chi connectivity index (χ3v) is 12.8. The van der Waals surface area contributed by atoms with Gasteiger partial charge in [0.2, 0.25) is 0 Å². The first-order chi connectivity index (χ1) is 30.0. The number of rotatable bonds is 18. The van der Waals surface area contributed by atoms with Crippen molar-refractivity contribution >= 4 is 11.8 Å². The van der Waals surface area contributed by atoms with Crippen LogP contribution in [0.15, 0.2) is 170 Å². The summed E-state index contributed by atoms with van der Waals surface area (Å²) in [6.45, 7) is 2.88. The average Bonchev–Trinajstić information content (AvgIpc) is 3.32. The number of aliphatic hydroxyl groups excluding tert-OH is 1. The minimum Gasteiger partial charge on any atom is -0.490 e. The summed E-state index contributed by atoms with van der Waals surface area (Å²) in [4.78, 5) is -1.67. The number of benzene rings is 6. The van der Waals surface area contributed by atoms with E-state index in [0.29, 0.717) is 43.1 Å². The Hall–Kier alpha value is -4.81. The third-order valence-electron chi connectivity index (χ3n) is 11.2. The minimum absolute atomic E-state index is 0.114. The molecule has 8 nitrogen and oxygen atoms in total. The highest BCUT2D eigenvalue weighted by molar-refractivity contribution is 8.00. The molecule has 2 fully saturated rings. The molecule has 0 spiro atoms. The van der Waals surface area contributed by atoms with Gasteiger partial charge in [0.15, 0.2) is 4.93 Å². The van der Waals surface area contributed by atoms with Crippen molar-refractivity contribution in [2.45, 2.75) is 80.0 Å². The minimum atomic E-state index is -1.67. The number of hydrogen-bond donors (Lipinski definition) is 2. The molecular formula is C52H54O8S. The van der Waals surface area contributed by atoms with Crippen molar-refractivity contribution in [3.8, 4) is 5.75 Å². The molecule has 316 valence electrons. The van der Waals surface area contributed by atoms with Crippen LogP contribution in [0.1, 0.15) is 57.9 Å². The zero-order chi connectivity index (χ0) is 41.7. The van der Waals surface area contributed by atoms with E-state index in [2.05, 4.69) is 0 Å². The second kappa shape index (κ2) is 21.3. The molecule has 8 rings (SSSR count). The van der Waals surface area contributed by atoms with Gasteiger partial charge >= 0.3 is 0 Å². The molecule has 0 aliphatic carbocycles. The summed E-state index contributed by atoms with van der Waals surface area (Å²) in [6.07, 6.45) is -1.36. The SMILES string of the molecule is OC(c1ccc(OC2CCOCC2)cc1)c1cccc([C@]2(O)S[C@@H](COCc3ccccc3)[C@@H](OCc3ccccc3)[C@H](OCc3ccccc3)[C@H]2OCc2ccccc2)c1. The van der Waals surface area contributed by atoms with Gasteiger partial charge in [-0.05, 0) is 57.1 Å². The molecule has 0 aromatic heterocycles. The van der Waals surface area contributed by atoms with Crippen LogP contribution in [0.3, 0.4) is 0 Å². The van der Waals surface area contributed by atoms with Crippen LogP contribution in [0.2, 0.25) is 0 Å². The zero-order valence-electron chi connectivity index (χ0n) is 34.2. The summed E-state index contributed by atoms with van der Waals surface area (Å²) < 4.78 is 38.9. The van der Waals surface area contributed by atoms with Gasteiger partial charge in [-0.15, -0.1) is 11.8 Å². The van der Waals surface area contributed by atoms with Crippen molar-refractivity contribution in [2.24, 2.45) is 0 Å².